The third-order valence-electron chi connectivity index (χ3n) is 3.60. The van der Waals surface area contributed by atoms with Crippen molar-refractivity contribution in [1.29, 1.82) is 0 Å². The van der Waals surface area contributed by atoms with Crippen molar-refractivity contribution in [1.82, 2.24) is 0 Å². The first-order chi connectivity index (χ1) is 10.6. The minimum Gasteiger partial charge on any atom is -0.476 e. The molecule has 5 nitrogen and oxygen atoms in total. The number of carboxylic acid groups (broad SMARTS) is 1. The molecule has 1 heterocycles. The topological polar surface area (TPSA) is 59.0 Å². The molecule has 0 bridgehead atoms. The Bertz CT molecular complexity index is 712. The lowest BCUT2D eigenvalue weighted by atomic mass is 10.0. The largest absolute Gasteiger partial charge is 0.476 e. The molecule has 2 aromatic rings. The summed E-state index contributed by atoms with van der Waals surface area (Å²) in [5.74, 6) is -0.0832. The Morgan fingerprint density at radius 1 is 1.09 bits per heavy atom. The third-order valence-corrected chi connectivity index (χ3v) is 3.60. The number of benzene rings is 2. The molecule has 1 aliphatic rings. The van der Waals surface area contributed by atoms with Crippen LogP contribution in [0.4, 0.5) is 5.69 Å². The Labute approximate surface area is 128 Å². The number of rotatable bonds is 2. The molecule has 1 unspecified atom stereocenters. The van der Waals surface area contributed by atoms with Crippen molar-refractivity contribution in [3.63, 3.8) is 0 Å². The number of fused-ring (bicyclic) bond motifs is 2. The van der Waals surface area contributed by atoms with Crippen molar-refractivity contribution in [2.45, 2.75) is 12.7 Å². The molecule has 0 fully saturated rings. The van der Waals surface area contributed by atoms with Crippen molar-refractivity contribution in [3.8, 4) is 11.5 Å². The molecule has 114 valence electrons. The monoisotopic (exact) mass is 299 g/mol. The van der Waals surface area contributed by atoms with Gasteiger partial charge in [-0.25, -0.2) is 4.79 Å². The zero-order chi connectivity index (χ0) is 15.7. The fourth-order valence-electron chi connectivity index (χ4n) is 2.57. The van der Waals surface area contributed by atoms with E-state index in [1.807, 2.05) is 49.3 Å². The van der Waals surface area contributed by atoms with E-state index in [1.54, 1.807) is 12.1 Å². The zero-order valence-corrected chi connectivity index (χ0v) is 12.4. The summed E-state index contributed by atoms with van der Waals surface area (Å²) in [6.45, 7) is 0. The fraction of sp³-hybridized carbons (Fsp3) is 0.235. The lowest BCUT2D eigenvalue weighted by Crippen LogP contribution is -2.34. The molecule has 0 amide bonds. The Hall–Kier alpha value is -2.69. The van der Waals surface area contributed by atoms with E-state index >= 15 is 0 Å². The van der Waals surface area contributed by atoms with Crippen LogP contribution >= 0.6 is 0 Å². The molecular weight excluding hydrogens is 282 g/mol. The number of carbonyl (C=O) groups is 1. The summed E-state index contributed by atoms with van der Waals surface area (Å²) in [5.41, 5.74) is 2.89. The van der Waals surface area contributed by atoms with E-state index in [0.29, 0.717) is 17.9 Å². The molecule has 1 N–H and O–H groups in total. The van der Waals surface area contributed by atoms with Gasteiger partial charge in [0, 0.05) is 31.8 Å². The smallest absolute Gasteiger partial charge is 0.387 e. The number of aliphatic carboxylic acids is 1. The van der Waals surface area contributed by atoms with Crippen LogP contribution in [-0.2, 0) is 11.2 Å². The molecule has 0 spiro atoms. The average Bonchev–Trinajstić information content (AvgIpc) is 2.46. The lowest BCUT2D eigenvalue weighted by molar-refractivity contribution is -0.158. The van der Waals surface area contributed by atoms with E-state index in [2.05, 4.69) is 0 Å². The zero-order valence-electron chi connectivity index (χ0n) is 12.4. The minimum atomic E-state index is -1.36. The highest BCUT2D eigenvalue weighted by Crippen LogP contribution is 2.36. The summed E-state index contributed by atoms with van der Waals surface area (Å²) in [4.78, 5) is 13.4. The number of para-hydroxylation sites is 1. The van der Waals surface area contributed by atoms with Gasteiger partial charge in [0.05, 0.1) is 0 Å². The van der Waals surface area contributed by atoms with Crippen molar-refractivity contribution >= 4 is 11.7 Å². The first kappa shape index (κ1) is 14.3. The van der Waals surface area contributed by atoms with Gasteiger partial charge in [0.15, 0.2) is 0 Å². The van der Waals surface area contributed by atoms with Crippen molar-refractivity contribution in [2.75, 3.05) is 19.0 Å². The number of anilines is 1. The molecule has 1 atom stereocenters. The summed E-state index contributed by atoms with van der Waals surface area (Å²) < 4.78 is 11.1. The maximum Gasteiger partial charge on any atom is 0.387 e. The van der Waals surface area contributed by atoms with Gasteiger partial charge in [-0.2, -0.15) is 0 Å². The van der Waals surface area contributed by atoms with Gasteiger partial charge in [-0.1, -0.05) is 24.3 Å². The van der Waals surface area contributed by atoms with Gasteiger partial charge < -0.3 is 19.5 Å². The maximum absolute atomic E-state index is 11.4. The molecule has 0 saturated heterocycles. The van der Waals surface area contributed by atoms with Crippen LogP contribution in [0.25, 0.3) is 0 Å². The van der Waals surface area contributed by atoms with Crippen molar-refractivity contribution in [3.05, 3.63) is 53.6 Å². The third kappa shape index (κ3) is 2.57. The predicted octanol–water partition coefficient (Wildman–Crippen LogP) is 2.53. The highest BCUT2D eigenvalue weighted by atomic mass is 16.7. The first-order valence-corrected chi connectivity index (χ1v) is 6.99. The van der Waals surface area contributed by atoms with Crippen LogP contribution in [0.3, 0.4) is 0 Å². The molecule has 0 radical (unpaired) electrons. The van der Waals surface area contributed by atoms with Gasteiger partial charge in [0.25, 0.3) is 0 Å². The van der Waals surface area contributed by atoms with Crippen LogP contribution in [0.1, 0.15) is 11.1 Å². The molecule has 3 rings (SSSR count). The van der Waals surface area contributed by atoms with Gasteiger partial charge in [0.1, 0.15) is 11.5 Å². The minimum absolute atomic E-state index is 0.535. The van der Waals surface area contributed by atoms with Gasteiger partial charge >= 0.3 is 12.3 Å². The predicted molar refractivity (Wildman–Crippen MR) is 82.7 cm³/mol. The van der Waals surface area contributed by atoms with Crippen LogP contribution in [0, 0.1) is 0 Å². The highest BCUT2D eigenvalue weighted by molar-refractivity contribution is 5.72. The van der Waals surface area contributed by atoms with E-state index < -0.39 is 12.3 Å². The number of nitrogens with zero attached hydrogens (tertiary/aromatic N) is 1. The van der Waals surface area contributed by atoms with Gasteiger partial charge in [-0.05, 0) is 23.8 Å². The standard InChI is InChI=1S/C17H17NO4/c1-18(2)13-7-5-9-15-12(13)10-11-6-3-4-8-14(11)21-17(22-15)16(19)20/h3-9,17H,10H2,1-2H3,(H,19,20). The van der Waals surface area contributed by atoms with Crippen LogP contribution in [0.2, 0.25) is 0 Å². The average molecular weight is 299 g/mol. The molecule has 22 heavy (non-hydrogen) atoms. The number of hydrogen-bond donors (Lipinski definition) is 1. The quantitative estimate of drug-likeness (QED) is 0.923. The van der Waals surface area contributed by atoms with E-state index in [9.17, 15) is 9.90 Å². The SMILES string of the molecule is CN(C)c1cccc2c1Cc1ccccc1OC(C(=O)O)O2. The molecule has 0 aromatic heterocycles. The molecule has 5 heteroatoms. The highest BCUT2D eigenvalue weighted by Gasteiger charge is 2.27. The molecular formula is C17H17NO4. The normalized spacial score (nSPS) is 16.2. The first-order valence-electron chi connectivity index (χ1n) is 6.99. The lowest BCUT2D eigenvalue weighted by Gasteiger charge is -2.26. The Morgan fingerprint density at radius 2 is 1.77 bits per heavy atom. The van der Waals surface area contributed by atoms with Crippen LogP contribution in [0.15, 0.2) is 42.5 Å². The van der Waals surface area contributed by atoms with Gasteiger partial charge in [-0.3, -0.25) is 0 Å². The second kappa shape index (κ2) is 5.60. The van der Waals surface area contributed by atoms with Crippen LogP contribution in [-0.4, -0.2) is 31.5 Å². The summed E-state index contributed by atoms with van der Waals surface area (Å²) in [6.07, 6.45) is -0.746. The fourth-order valence-corrected chi connectivity index (χ4v) is 2.57. The van der Waals surface area contributed by atoms with Crippen LogP contribution in [0.5, 0.6) is 11.5 Å². The second-order valence-corrected chi connectivity index (χ2v) is 5.34. The van der Waals surface area contributed by atoms with E-state index in [0.717, 1.165) is 16.8 Å². The Kier molecular flexibility index (Phi) is 3.63. The van der Waals surface area contributed by atoms with Gasteiger partial charge in [-0.15, -0.1) is 0 Å². The van der Waals surface area contributed by atoms with Crippen LogP contribution < -0.4 is 14.4 Å². The van der Waals surface area contributed by atoms with Crippen molar-refractivity contribution < 1.29 is 19.4 Å². The summed E-state index contributed by atoms with van der Waals surface area (Å²) >= 11 is 0. The summed E-state index contributed by atoms with van der Waals surface area (Å²) in [5, 5.41) is 9.32. The molecule has 0 aliphatic carbocycles. The Balaban J connectivity index is 2.16. The van der Waals surface area contributed by atoms with Gasteiger partial charge in [0.2, 0.25) is 0 Å². The molecule has 1 aliphatic heterocycles. The second-order valence-electron chi connectivity index (χ2n) is 5.34. The number of carboxylic acids is 1. The number of hydrogen-bond acceptors (Lipinski definition) is 4. The van der Waals surface area contributed by atoms with E-state index in [4.69, 9.17) is 9.47 Å². The van der Waals surface area contributed by atoms with E-state index in [1.165, 1.54) is 0 Å². The molecule has 0 saturated carbocycles. The molecule has 2 aromatic carbocycles. The van der Waals surface area contributed by atoms with E-state index in [-0.39, 0.29) is 0 Å². The summed E-state index contributed by atoms with van der Waals surface area (Å²) in [6, 6.07) is 13.0. The summed E-state index contributed by atoms with van der Waals surface area (Å²) in [7, 11) is 3.90. The number of ether oxygens (including phenoxy) is 2. The maximum atomic E-state index is 11.4. The Morgan fingerprint density at radius 3 is 2.50 bits per heavy atom. The van der Waals surface area contributed by atoms with Crippen molar-refractivity contribution in [2.24, 2.45) is 0 Å².